The fourth-order valence-electron chi connectivity index (χ4n) is 3.13. The van der Waals surface area contributed by atoms with Crippen molar-refractivity contribution in [2.45, 2.75) is 38.1 Å². The van der Waals surface area contributed by atoms with E-state index >= 15 is 0 Å². The Morgan fingerprint density at radius 1 is 1.40 bits per heavy atom. The predicted octanol–water partition coefficient (Wildman–Crippen LogP) is 2.96. The number of hydrogen-bond acceptors (Lipinski definition) is 4. The van der Waals surface area contributed by atoms with Crippen LogP contribution in [0.3, 0.4) is 0 Å². The van der Waals surface area contributed by atoms with Crippen molar-refractivity contribution in [2.75, 3.05) is 11.1 Å². The molecule has 0 fully saturated rings. The molecule has 0 saturated carbocycles. The molecule has 2 aromatic rings. The van der Waals surface area contributed by atoms with Crippen LogP contribution in [0, 0.1) is 13.8 Å². The maximum absolute atomic E-state index is 12.7. The zero-order valence-corrected chi connectivity index (χ0v) is 15.7. The first-order valence-corrected chi connectivity index (χ1v) is 9.23. The van der Waals surface area contributed by atoms with Gasteiger partial charge in [0.25, 0.3) is 5.91 Å². The van der Waals surface area contributed by atoms with Gasteiger partial charge in [0.15, 0.2) is 0 Å². The predicted molar refractivity (Wildman–Crippen MR) is 99.0 cm³/mol. The molecule has 1 aromatic carbocycles. The molecule has 0 aliphatic carbocycles. The molecule has 0 bridgehead atoms. The molecule has 1 aliphatic heterocycles. The minimum absolute atomic E-state index is 0.0150. The number of anilines is 1. The Bertz CT molecular complexity index is 844. The molecule has 3 rings (SSSR count). The number of aryl methyl sites for hydroxylation is 2. The van der Waals surface area contributed by atoms with E-state index in [-0.39, 0.29) is 17.9 Å². The number of amides is 2. The summed E-state index contributed by atoms with van der Waals surface area (Å²) in [7, 11) is 1.90. The van der Waals surface area contributed by atoms with Crippen molar-refractivity contribution in [3.8, 4) is 0 Å². The molecule has 1 unspecified atom stereocenters. The van der Waals surface area contributed by atoms with Gasteiger partial charge in [0.2, 0.25) is 5.91 Å². The molecule has 25 heavy (non-hydrogen) atoms. The lowest BCUT2D eigenvalue weighted by Gasteiger charge is -2.16. The van der Waals surface area contributed by atoms with Crippen LogP contribution >= 0.6 is 11.8 Å². The molecule has 2 heterocycles. The molecule has 2 N–H and O–H groups in total. The molecule has 2 amide bonds. The second kappa shape index (κ2) is 6.92. The SMILES string of the molecule is Cc1nn(C)c(C)c1C(C)NC(=O)c1ccc2c(c1)NC(=O)CCS2. The third-order valence-electron chi connectivity index (χ3n) is 4.45. The highest BCUT2D eigenvalue weighted by Crippen LogP contribution is 2.31. The maximum Gasteiger partial charge on any atom is 0.251 e. The van der Waals surface area contributed by atoms with Gasteiger partial charge in [-0.1, -0.05) is 0 Å². The van der Waals surface area contributed by atoms with Gasteiger partial charge in [-0.3, -0.25) is 14.3 Å². The van der Waals surface area contributed by atoms with Gasteiger partial charge in [0.1, 0.15) is 0 Å². The summed E-state index contributed by atoms with van der Waals surface area (Å²) in [5, 5.41) is 10.3. The number of hydrogen-bond donors (Lipinski definition) is 2. The van der Waals surface area contributed by atoms with Crippen LogP contribution in [0.1, 0.15) is 46.7 Å². The monoisotopic (exact) mass is 358 g/mol. The fraction of sp³-hybridized carbons (Fsp3) is 0.389. The molecule has 0 saturated heterocycles. The van der Waals surface area contributed by atoms with Crippen LogP contribution in [0.2, 0.25) is 0 Å². The molecule has 6 nitrogen and oxygen atoms in total. The van der Waals surface area contributed by atoms with Crippen molar-refractivity contribution in [2.24, 2.45) is 7.05 Å². The standard InChI is InChI=1S/C18H22N4O2S/c1-10(17-11(2)21-22(4)12(17)3)19-18(24)13-5-6-15-14(9-13)20-16(23)7-8-25-15/h5-6,9-10H,7-8H2,1-4H3,(H,19,24)(H,20,23). The Labute approximate surface area is 151 Å². The summed E-state index contributed by atoms with van der Waals surface area (Å²) in [5.74, 6) is 0.571. The van der Waals surface area contributed by atoms with Crippen molar-refractivity contribution >= 4 is 29.3 Å². The summed E-state index contributed by atoms with van der Waals surface area (Å²) >= 11 is 1.63. The van der Waals surface area contributed by atoms with E-state index < -0.39 is 0 Å². The lowest BCUT2D eigenvalue weighted by atomic mass is 10.1. The second-order valence-electron chi connectivity index (χ2n) is 6.26. The van der Waals surface area contributed by atoms with Crippen molar-refractivity contribution in [3.63, 3.8) is 0 Å². The summed E-state index contributed by atoms with van der Waals surface area (Å²) < 4.78 is 1.82. The van der Waals surface area contributed by atoms with E-state index in [9.17, 15) is 9.59 Å². The van der Waals surface area contributed by atoms with Crippen LogP contribution in [0.25, 0.3) is 0 Å². The lowest BCUT2D eigenvalue weighted by molar-refractivity contribution is -0.115. The van der Waals surface area contributed by atoms with E-state index in [0.29, 0.717) is 17.7 Å². The highest BCUT2D eigenvalue weighted by atomic mass is 32.2. The molecule has 132 valence electrons. The molecule has 1 aromatic heterocycles. The van der Waals surface area contributed by atoms with E-state index in [2.05, 4.69) is 15.7 Å². The average Bonchev–Trinajstić information content (AvgIpc) is 2.71. The highest BCUT2D eigenvalue weighted by Gasteiger charge is 2.20. The van der Waals surface area contributed by atoms with Gasteiger partial charge < -0.3 is 10.6 Å². The Morgan fingerprint density at radius 2 is 2.16 bits per heavy atom. The summed E-state index contributed by atoms with van der Waals surface area (Å²) in [6.07, 6.45) is 0.484. The van der Waals surface area contributed by atoms with Crippen LogP contribution in [0.5, 0.6) is 0 Å². The van der Waals surface area contributed by atoms with E-state index in [4.69, 9.17) is 0 Å². The number of nitrogens with zero attached hydrogens (tertiary/aromatic N) is 2. The van der Waals surface area contributed by atoms with Gasteiger partial charge in [-0.25, -0.2) is 0 Å². The first-order chi connectivity index (χ1) is 11.9. The number of fused-ring (bicyclic) bond motifs is 1. The summed E-state index contributed by atoms with van der Waals surface area (Å²) in [6.45, 7) is 5.89. The number of thioether (sulfide) groups is 1. The number of benzene rings is 1. The maximum atomic E-state index is 12.7. The van der Waals surface area contributed by atoms with E-state index in [1.165, 1.54) is 0 Å². The average molecular weight is 358 g/mol. The summed E-state index contributed by atoms with van der Waals surface area (Å²) in [4.78, 5) is 25.4. The molecule has 1 aliphatic rings. The van der Waals surface area contributed by atoms with E-state index in [1.54, 1.807) is 23.9 Å². The normalized spacial score (nSPS) is 15.1. The highest BCUT2D eigenvalue weighted by molar-refractivity contribution is 7.99. The number of rotatable bonds is 3. The van der Waals surface area contributed by atoms with Crippen LogP contribution in [-0.4, -0.2) is 27.3 Å². The van der Waals surface area contributed by atoms with Crippen LogP contribution in [-0.2, 0) is 11.8 Å². The van der Waals surface area contributed by atoms with Gasteiger partial charge in [-0.05, 0) is 39.0 Å². The third kappa shape index (κ3) is 3.56. The van der Waals surface area contributed by atoms with Crippen LogP contribution in [0.4, 0.5) is 5.69 Å². The van der Waals surface area contributed by atoms with Gasteiger partial charge in [-0.15, -0.1) is 11.8 Å². The van der Waals surface area contributed by atoms with Gasteiger partial charge >= 0.3 is 0 Å². The molecule has 7 heteroatoms. The minimum atomic E-state index is -0.165. The van der Waals surface area contributed by atoms with E-state index in [0.717, 1.165) is 27.6 Å². The van der Waals surface area contributed by atoms with Crippen molar-refractivity contribution < 1.29 is 9.59 Å². The molecule has 1 atom stereocenters. The Hall–Kier alpha value is -2.28. The Morgan fingerprint density at radius 3 is 2.84 bits per heavy atom. The van der Waals surface area contributed by atoms with Crippen molar-refractivity contribution in [1.82, 2.24) is 15.1 Å². The van der Waals surface area contributed by atoms with E-state index in [1.807, 2.05) is 38.6 Å². The number of carbonyl (C=O) groups excluding carboxylic acids is 2. The lowest BCUT2D eigenvalue weighted by Crippen LogP contribution is -2.27. The zero-order valence-electron chi connectivity index (χ0n) is 14.8. The minimum Gasteiger partial charge on any atom is -0.345 e. The Balaban J connectivity index is 1.80. The van der Waals surface area contributed by atoms with Crippen LogP contribution in [0.15, 0.2) is 23.1 Å². The molecule has 0 radical (unpaired) electrons. The number of nitrogens with one attached hydrogen (secondary N) is 2. The largest absolute Gasteiger partial charge is 0.345 e. The van der Waals surface area contributed by atoms with Gasteiger partial charge in [-0.2, -0.15) is 5.10 Å². The quantitative estimate of drug-likeness (QED) is 0.884. The topological polar surface area (TPSA) is 76.0 Å². The number of aromatic nitrogens is 2. The van der Waals surface area contributed by atoms with Crippen molar-refractivity contribution in [3.05, 3.63) is 40.7 Å². The molecular formula is C18H22N4O2S. The fourth-order valence-corrected chi connectivity index (χ4v) is 4.07. The van der Waals surface area contributed by atoms with Gasteiger partial charge in [0.05, 0.1) is 17.4 Å². The summed E-state index contributed by atoms with van der Waals surface area (Å²) in [6, 6.07) is 5.29. The smallest absolute Gasteiger partial charge is 0.251 e. The van der Waals surface area contributed by atoms with Gasteiger partial charge in [0, 0.05) is 40.9 Å². The number of carbonyl (C=O) groups is 2. The second-order valence-corrected chi connectivity index (χ2v) is 7.40. The van der Waals surface area contributed by atoms with Crippen molar-refractivity contribution in [1.29, 1.82) is 0 Å². The van der Waals surface area contributed by atoms with Crippen LogP contribution < -0.4 is 10.6 Å². The first kappa shape index (κ1) is 17.5. The zero-order chi connectivity index (χ0) is 18.1. The first-order valence-electron chi connectivity index (χ1n) is 8.24. The Kier molecular flexibility index (Phi) is 4.85. The summed E-state index contributed by atoms with van der Waals surface area (Å²) in [5.41, 5.74) is 4.23. The molecular weight excluding hydrogens is 336 g/mol. The molecule has 0 spiro atoms. The third-order valence-corrected chi connectivity index (χ3v) is 5.52.